The molecule has 22 heavy (non-hydrogen) atoms. The molecule has 3 rings (SSSR count). The van der Waals surface area contributed by atoms with Gasteiger partial charge in [-0.05, 0) is 67.7 Å². The first kappa shape index (κ1) is 15.7. The molecule has 0 radical (unpaired) electrons. The maximum absolute atomic E-state index is 2.40. The topological polar surface area (TPSA) is 3.24 Å². The number of fused-ring (bicyclic) bond motifs is 2. The monoisotopic (exact) mass is 327 g/mol. The molecule has 3 heteroatoms. The van der Waals surface area contributed by atoms with Gasteiger partial charge in [0.05, 0.1) is 0 Å². The van der Waals surface area contributed by atoms with E-state index in [1.54, 1.807) is 0 Å². The molecule has 0 atom stereocenters. The zero-order chi connectivity index (χ0) is 15.5. The summed E-state index contributed by atoms with van der Waals surface area (Å²) in [7, 11) is 4.26. The minimum atomic E-state index is 1.07. The molecule has 0 bridgehead atoms. The van der Waals surface area contributed by atoms with Crippen LogP contribution >= 0.6 is 23.5 Å². The van der Waals surface area contributed by atoms with Crippen molar-refractivity contribution in [3.8, 4) is 0 Å². The first-order chi connectivity index (χ1) is 10.7. The van der Waals surface area contributed by atoms with Crippen LogP contribution in [0, 0.1) is 0 Å². The second kappa shape index (κ2) is 6.95. The lowest BCUT2D eigenvalue weighted by molar-refractivity contribution is 0.417. The van der Waals surface area contributed by atoms with Crippen LogP contribution in [0.4, 0.5) is 0 Å². The van der Waals surface area contributed by atoms with E-state index in [0.717, 1.165) is 13.0 Å². The Labute approximate surface area is 141 Å². The van der Waals surface area contributed by atoms with Crippen molar-refractivity contribution in [1.29, 1.82) is 0 Å². The lowest BCUT2D eigenvalue weighted by Gasteiger charge is -2.23. The van der Waals surface area contributed by atoms with Gasteiger partial charge in [-0.25, -0.2) is 0 Å². The SMILES string of the molecule is CSc1ccc2c(c1)C(=CCCN(C)C)c1ccccc1S2. The van der Waals surface area contributed by atoms with E-state index in [1.165, 1.54) is 31.4 Å². The fourth-order valence-corrected chi connectivity index (χ4v) is 4.19. The Hall–Kier alpha value is -1.16. The standard InChI is InChI=1S/C19H21NS2/c1-20(2)12-6-8-15-16-7-4-5-9-18(16)22-19-11-10-14(21-3)13-17(15)19/h4-5,7-11,13H,6,12H2,1-3H3. The fourth-order valence-electron chi connectivity index (χ4n) is 2.66. The molecule has 2 aromatic carbocycles. The molecule has 0 unspecified atom stereocenters. The Balaban J connectivity index is 2.06. The van der Waals surface area contributed by atoms with E-state index in [-0.39, 0.29) is 0 Å². The second-order valence-electron chi connectivity index (χ2n) is 5.67. The van der Waals surface area contributed by atoms with E-state index in [4.69, 9.17) is 0 Å². The highest BCUT2D eigenvalue weighted by atomic mass is 32.2. The third-order valence-corrected chi connectivity index (χ3v) is 5.68. The van der Waals surface area contributed by atoms with Crippen LogP contribution in [0.3, 0.4) is 0 Å². The van der Waals surface area contributed by atoms with Gasteiger partial charge in [0, 0.05) is 21.2 Å². The summed E-state index contributed by atoms with van der Waals surface area (Å²) in [5, 5.41) is 0. The molecule has 0 spiro atoms. The first-order valence-corrected chi connectivity index (χ1v) is 9.53. The molecule has 0 aliphatic carbocycles. The number of hydrogen-bond acceptors (Lipinski definition) is 3. The molecule has 0 aromatic heterocycles. The smallest absolute Gasteiger partial charge is 0.0201 e. The van der Waals surface area contributed by atoms with E-state index < -0.39 is 0 Å². The average molecular weight is 328 g/mol. The van der Waals surface area contributed by atoms with Gasteiger partial charge in [-0.15, -0.1) is 11.8 Å². The first-order valence-electron chi connectivity index (χ1n) is 7.49. The van der Waals surface area contributed by atoms with E-state index >= 15 is 0 Å². The zero-order valence-corrected chi connectivity index (χ0v) is 14.9. The molecule has 1 aliphatic rings. The number of thioether (sulfide) groups is 1. The minimum Gasteiger partial charge on any atom is -0.309 e. The minimum absolute atomic E-state index is 1.07. The van der Waals surface area contributed by atoms with Crippen molar-refractivity contribution in [2.75, 3.05) is 26.9 Å². The van der Waals surface area contributed by atoms with Crippen molar-refractivity contribution in [1.82, 2.24) is 4.90 Å². The molecule has 0 amide bonds. The largest absolute Gasteiger partial charge is 0.309 e. The third-order valence-electron chi connectivity index (χ3n) is 3.80. The molecule has 1 nitrogen and oxygen atoms in total. The highest BCUT2D eigenvalue weighted by Crippen LogP contribution is 2.46. The van der Waals surface area contributed by atoms with E-state index in [0.29, 0.717) is 0 Å². The van der Waals surface area contributed by atoms with Crippen LogP contribution in [-0.2, 0) is 0 Å². The molecular formula is C19H21NS2. The van der Waals surface area contributed by atoms with Crippen LogP contribution in [0.25, 0.3) is 5.57 Å². The van der Waals surface area contributed by atoms with Gasteiger partial charge in [0.1, 0.15) is 0 Å². The van der Waals surface area contributed by atoms with Crippen LogP contribution in [0.15, 0.2) is 63.2 Å². The molecule has 114 valence electrons. The lowest BCUT2D eigenvalue weighted by Crippen LogP contribution is -2.12. The molecule has 1 aliphatic heterocycles. The summed E-state index contributed by atoms with van der Waals surface area (Å²) in [5.41, 5.74) is 4.15. The number of benzene rings is 2. The van der Waals surface area contributed by atoms with Gasteiger partial charge >= 0.3 is 0 Å². The lowest BCUT2D eigenvalue weighted by atomic mass is 9.96. The van der Waals surface area contributed by atoms with E-state index in [9.17, 15) is 0 Å². The summed E-state index contributed by atoms with van der Waals surface area (Å²) in [6.07, 6.45) is 5.62. The molecular weight excluding hydrogens is 306 g/mol. The number of hydrogen-bond donors (Lipinski definition) is 0. The van der Waals surface area contributed by atoms with Crippen LogP contribution in [0.5, 0.6) is 0 Å². The Morgan fingerprint density at radius 1 is 1.05 bits per heavy atom. The summed E-state index contributed by atoms with van der Waals surface area (Å²) in [4.78, 5) is 6.30. The predicted molar refractivity (Wildman–Crippen MR) is 99.0 cm³/mol. The van der Waals surface area contributed by atoms with Crippen LogP contribution in [-0.4, -0.2) is 31.8 Å². The van der Waals surface area contributed by atoms with Gasteiger partial charge in [0.2, 0.25) is 0 Å². The summed E-state index contributed by atoms with van der Waals surface area (Å²) in [6.45, 7) is 1.08. The maximum atomic E-state index is 2.40. The quantitative estimate of drug-likeness (QED) is 0.602. The predicted octanol–water partition coefficient (Wildman–Crippen LogP) is 5.26. The van der Waals surface area contributed by atoms with Gasteiger partial charge in [-0.3, -0.25) is 0 Å². The average Bonchev–Trinajstić information content (AvgIpc) is 2.53. The van der Waals surface area contributed by atoms with Crippen molar-refractivity contribution < 1.29 is 0 Å². The van der Waals surface area contributed by atoms with Crippen LogP contribution in [0.1, 0.15) is 17.5 Å². The fraction of sp³-hybridized carbons (Fsp3) is 0.263. The number of rotatable bonds is 4. The Morgan fingerprint density at radius 2 is 1.82 bits per heavy atom. The third kappa shape index (κ3) is 3.27. The summed E-state index contributed by atoms with van der Waals surface area (Å²) in [5.74, 6) is 0. The van der Waals surface area contributed by atoms with E-state index in [2.05, 4.69) is 73.8 Å². The van der Waals surface area contributed by atoms with Gasteiger partial charge in [0.15, 0.2) is 0 Å². The normalized spacial score (nSPS) is 15.0. The highest BCUT2D eigenvalue weighted by Gasteiger charge is 2.20. The zero-order valence-electron chi connectivity index (χ0n) is 13.3. The number of nitrogens with zero attached hydrogens (tertiary/aromatic N) is 1. The van der Waals surface area contributed by atoms with Gasteiger partial charge in [-0.1, -0.05) is 36.0 Å². The maximum Gasteiger partial charge on any atom is 0.0201 e. The molecule has 0 saturated carbocycles. The Morgan fingerprint density at radius 3 is 2.59 bits per heavy atom. The van der Waals surface area contributed by atoms with Crippen molar-refractivity contribution >= 4 is 29.1 Å². The molecule has 0 N–H and O–H groups in total. The highest BCUT2D eigenvalue weighted by molar-refractivity contribution is 7.99. The van der Waals surface area contributed by atoms with Gasteiger partial charge in [-0.2, -0.15) is 0 Å². The van der Waals surface area contributed by atoms with E-state index in [1.807, 2.05) is 23.5 Å². The van der Waals surface area contributed by atoms with Crippen LogP contribution in [0.2, 0.25) is 0 Å². The van der Waals surface area contributed by atoms with Gasteiger partial charge < -0.3 is 4.90 Å². The van der Waals surface area contributed by atoms with Crippen molar-refractivity contribution in [2.24, 2.45) is 0 Å². The summed E-state index contributed by atoms with van der Waals surface area (Å²) < 4.78 is 0. The molecule has 2 aromatic rings. The molecule has 0 fully saturated rings. The Bertz CT molecular complexity index is 704. The van der Waals surface area contributed by atoms with Gasteiger partial charge in [0.25, 0.3) is 0 Å². The van der Waals surface area contributed by atoms with Crippen molar-refractivity contribution in [3.63, 3.8) is 0 Å². The Kier molecular flexibility index (Phi) is 4.97. The second-order valence-corrected chi connectivity index (χ2v) is 7.63. The summed E-state index contributed by atoms with van der Waals surface area (Å²) >= 11 is 3.69. The van der Waals surface area contributed by atoms with Crippen molar-refractivity contribution in [2.45, 2.75) is 21.1 Å². The molecule has 0 saturated heterocycles. The van der Waals surface area contributed by atoms with Crippen LogP contribution < -0.4 is 0 Å². The molecule has 1 heterocycles. The van der Waals surface area contributed by atoms with Crippen molar-refractivity contribution in [3.05, 3.63) is 59.7 Å². The summed E-state index contributed by atoms with van der Waals surface area (Å²) in [6, 6.07) is 15.6.